The van der Waals surface area contributed by atoms with Crippen LogP contribution in [0, 0.1) is 6.92 Å². The van der Waals surface area contributed by atoms with Crippen LogP contribution in [-0.2, 0) is 4.79 Å². The van der Waals surface area contributed by atoms with Gasteiger partial charge in [0.1, 0.15) is 5.75 Å². The smallest absolute Gasteiger partial charge is 0.242 e. The predicted molar refractivity (Wildman–Crippen MR) is 63.9 cm³/mol. The van der Waals surface area contributed by atoms with Crippen molar-refractivity contribution >= 4 is 11.9 Å². The second kappa shape index (κ2) is 4.60. The van der Waals surface area contributed by atoms with Gasteiger partial charge < -0.3 is 5.11 Å². The molecule has 0 aliphatic rings. The van der Waals surface area contributed by atoms with E-state index in [2.05, 4.69) is 9.98 Å². The maximum absolute atomic E-state index is 10.4. The van der Waals surface area contributed by atoms with Crippen molar-refractivity contribution in [2.24, 2.45) is 4.99 Å². The summed E-state index contributed by atoms with van der Waals surface area (Å²) < 4.78 is 0. The van der Waals surface area contributed by atoms with Crippen molar-refractivity contribution in [1.29, 1.82) is 0 Å². The highest BCUT2D eigenvalue weighted by atomic mass is 16.3. The molecular weight excluding hydrogens is 216 g/mol. The molecule has 2 aromatic rings. The highest BCUT2D eigenvalue weighted by molar-refractivity contribution is 5.79. The molecule has 0 radical (unpaired) electrons. The van der Waals surface area contributed by atoms with Gasteiger partial charge in [-0.15, -0.1) is 4.99 Å². The van der Waals surface area contributed by atoms with Crippen molar-refractivity contribution in [1.82, 2.24) is 4.98 Å². The lowest BCUT2D eigenvalue weighted by Crippen LogP contribution is -1.88. The van der Waals surface area contributed by atoms with Crippen LogP contribution >= 0.6 is 0 Å². The zero-order valence-corrected chi connectivity index (χ0v) is 9.21. The molecule has 84 valence electrons. The molecule has 4 heteroatoms. The van der Waals surface area contributed by atoms with Crippen LogP contribution < -0.4 is 0 Å². The summed E-state index contributed by atoms with van der Waals surface area (Å²) in [5, 5.41) is 9.65. The molecule has 0 aliphatic heterocycles. The van der Waals surface area contributed by atoms with E-state index in [1.807, 2.05) is 30.3 Å². The van der Waals surface area contributed by atoms with Crippen LogP contribution in [0.4, 0.5) is 5.82 Å². The molecule has 0 spiro atoms. The lowest BCUT2D eigenvalue weighted by molar-refractivity contribution is 0.469. The normalized spacial score (nSPS) is 9.71. The molecule has 17 heavy (non-hydrogen) atoms. The van der Waals surface area contributed by atoms with Gasteiger partial charge in [-0.25, -0.2) is 9.78 Å². The topological polar surface area (TPSA) is 62.6 Å². The average molecular weight is 226 g/mol. The first-order chi connectivity index (χ1) is 8.24. The number of nitrogens with zero attached hydrogens (tertiary/aromatic N) is 2. The monoisotopic (exact) mass is 226 g/mol. The number of hydrogen-bond donors (Lipinski definition) is 1. The van der Waals surface area contributed by atoms with Crippen molar-refractivity contribution in [2.75, 3.05) is 0 Å². The van der Waals surface area contributed by atoms with Gasteiger partial charge in [0.15, 0.2) is 5.82 Å². The molecule has 1 heterocycles. The van der Waals surface area contributed by atoms with E-state index in [1.165, 1.54) is 12.3 Å². The molecule has 1 N–H and O–H groups in total. The van der Waals surface area contributed by atoms with Crippen molar-refractivity contribution in [2.45, 2.75) is 6.92 Å². The summed E-state index contributed by atoms with van der Waals surface area (Å²) in [4.78, 5) is 17.8. The minimum absolute atomic E-state index is 0.0775. The minimum atomic E-state index is 0.0775. The third-order valence-electron chi connectivity index (χ3n) is 2.51. The van der Waals surface area contributed by atoms with E-state index in [1.54, 1.807) is 6.92 Å². The van der Waals surface area contributed by atoms with Gasteiger partial charge in [0.25, 0.3) is 0 Å². The molecule has 0 saturated heterocycles. The predicted octanol–water partition coefficient (Wildman–Crippen LogP) is 2.73. The van der Waals surface area contributed by atoms with E-state index in [-0.39, 0.29) is 11.6 Å². The Labute approximate surface area is 98.3 Å². The molecular formula is C13H10N2O2. The third-order valence-corrected chi connectivity index (χ3v) is 2.51. The van der Waals surface area contributed by atoms with Gasteiger partial charge in [-0.3, -0.25) is 0 Å². The zero-order valence-electron chi connectivity index (χ0n) is 9.21. The number of isocyanates is 1. The van der Waals surface area contributed by atoms with Crippen molar-refractivity contribution in [3.8, 4) is 16.9 Å². The van der Waals surface area contributed by atoms with Crippen molar-refractivity contribution in [3.05, 3.63) is 42.1 Å². The van der Waals surface area contributed by atoms with Crippen LogP contribution in [0.25, 0.3) is 11.1 Å². The number of hydrogen-bond acceptors (Lipinski definition) is 4. The van der Waals surface area contributed by atoms with Gasteiger partial charge in [0.05, 0.1) is 6.20 Å². The van der Waals surface area contributed by atoms with Gasteiger partial charge in [0.2, 0.25) is 6.08 Å². The Bertz CT molecular complexity index is 588. The van der Waals surface area contributed by atoms with Crippen LogP contribution in [0.5, 0.6) is 5.75 Å². The second-order valence-corrected chi connectivity index (χ2v) is 3.54. The molecule has 2 rings (SSSR count). The molecule has 0 atom stereocenters. The van der Waals surface area contributed by atoms with E-state index >= 15 is 0 Å². The minimum Gasteiger partial charge on any atom is -0.506 e. The number of carbonyl (C=O) groups excluding carboxylic acids is 1. The van der Waals surface area contributed by atoms with Crippen LogP contribution in [0.15, 0.2) is 41.5 Å². The largest absolute Gasteiger partial charge is 0.506 e. The van der Waals surface area contributed by atoms with Crippen molar-refractivity contribution < 1.29 is 9.90 Å². The summed E-state index contributed by atoms with van der Waals surface area (Å²) in [6, 6.07) is 9.36. The molecule has 4 nitrogen and oxygen atoms in total. The molecule has 0 aliphatic carbocycles. The highest BCUT2D eigenvalue weighted by Gasteiger charge is 2.12. The first-order valence-corrected chi connectivity index (χ1v) is 5.06. The Morgan fingerprint density at radius 2 is 2.00 bits per heavy atom. The molecule has 0 saturated carbocycles. The first kappa shape index (κ1) is 11.0. The van der Waals surface area contributed by atoms with Gasteiger partial charge in [0, 0.05) is 11.1 Å². The second-order valence-electron chi connectivity index (χ2n) is 3.54. The summed E-state index contributed by atoms with van der Waals surface area (Å²) in [6.07, 6.45) is 2.75. The van der Waals surface area contributed by atoms with E-state index in [0.29, 0.717) is 11.1 Å². The Morgan fingerprint density at radius 1 is 1.29 bits per heavy atom. The van der Waals surface area contributed by atoms with Crippen LogP contribution in [0.2, 0.25) is 0 Å². The van der Waals surface area contributed by atoms with Crippen LogP contribution in [0.1, 0.15) is 5.56 Å². The Morgan fingerprint density at radius 3 is 2.65 bits per heavy atom. The Kier molecular flexibility index (Phi) is 2.99. The maximum atomic E-state index is 10.4. The molecule has 0 amide bonds. The fraction of sp³-hybridized carbons (Fsp3) is 0.0769. The number of pyridine rings is 1. The van der Waals surface area contributed by atoms with Crippen LogP contribution in [0.3, 0.4) is 0 Å². The molecule has 1 aromatic carbocycles. The SMILES string of the molecule is Cc1c(O)cnc(N=C=O)c1-c1ccccc1. The average Bonchev–Trinajstić information content (AvgIpc) is 2.36. The van der Waals surface area contributed by atoms with Gasteiger partial charge in [-0.1, -0.05) is 30.3 Å². The summed E-state index contributed by atoms with van der Waals surface area (Å²) >= 11 is 0. The lowest BCUT2D eigenvalue weighted by Gasteiger charge is -2.09. The fourth-order valence-corrected chi connectivity index (χ4v) is 1.66. The number of aromatic nitrogens is 1. The molecule has 0 fully saturated rings. The maximum Gasteiger partial charge on any atom is 0.242 e. The number of aliphatic imine (C=N–C) groups is 1. The molecule has 0 bridgehead atoms. The Hall–Kier alpha value is -2.45. The summed E-state index contributed by atoms with van der Waals surface area (Å²) in [5.41, 5.74) is 2.14. The van der Waals surface area contributed by atoms with E-state index in [9.17, 15) is 9.90 Å². The molecule has 0 unspecified atom stereocenters. The summed E-state index contributed by atoms with van der Waals surface area (Å²) in [6.45, 7) is 1.75. The standard InChI is InChI=1S/C13H10N2O2/c1-9-11(17)7-14-13(15-8-16)12(9)10-5-3-2-4-6-10/h2-7,17H,1H3. The first-order valence-electron chi connectivity index (χ1n) is 5.06. The number of rotatable bonds is 2. The number of benzene rings is 1. The third kappa shape index (κ3) is 2.07. The fourth-order valence-electron chi connectivity index (χ4n) is 1.66. The highest BCUT2D eigenvalue weighted by Crippen LogP contribution is 2.35. The summed E-state index contributed by atoms with van der Waals surface area (Å²) in [7, 11) is 0. The number of aromatic hydroxyl groups is 1. The summed E-state index contributed by atoms with van der Waals surface area (Å²) in [5.74, 6) is 0.343. The van der Waals surface area contributed by atoms with E-state index in [0.717, 1.165) is 5.56 Å². The molecule has 1 aromatic heterocycles. The zero-order chi connectivity index (χ0) is 12.3. The van der Waals surface area contributed by atoms with Crippen molar-refractivity contribution in [3.63, 3.8) is 0 Å². The Balaban J connectivity index is 2.74. The quantitative estimate of drug-likeness (QED) is 0.632. The lowest BCUT2D eigenvalue weighted by atomic mass is 10.0. The van der Waals surface area contributed by atoms with Gasteiger partial charge in [-0.05, 0) is 12.5 Å². The van der Waals surface area contributed by atoms with Gasteiger partial charge in [-0.2, -0.15) is 0 Å². The van der Waals surface area contributed by atoms with E-state index < -0.39 is 0 Å². The van der Waals surface area contributed by atoms with Gasteiger partial charge >= 0.3 is 0 Å². The van der Waals surface area contributed by atoms with E-state index in [4.69, 9.17) is 0 Å². The van der Waals surface area contributed by atoms with Crippen LogP contribution in [-0.4, -0.2) is 16.2 Å².